The Bertz CT molecular complexity index is 361. The van der Waals surface area contributed by atoms with Crippen LogP contribution in [0.3, 0.4) is 0 Å². The van der Waals surface area contributed by atoms with Crippen molar-refractivity contribution in [2.45, 2.75) is 12.5 Å². The van der Waals surface area contributed by atoms with Gasteiger partial charge in [0.05, 0.1) is 11.8 Å². The quantitative estimate of drug-likeness (QED) is 0.632. The van der Waals surface area contributed by atoms with Crippen molar-refractivity contribution >= 4 is 5.91 Å². The molecule has 80 valence electrons. The van der Waals surface area contributed by atoms with Crippen LogP contribution in [-0.4, -0.2) is 35.1 Å². The van der Waals surface area contributed by atoms with Gasteiger partial charge in [0.15, 0.2) is 0 Å². The van der Waals surface area contributed by atoms with E-state index in [1.165, 1.54) is 18.5 Å². The van der Waals surface area contributed by atoms with Gasteiger partial charge in [-0.15, -0.1) is 0 Å². The van der Waals surface area contributed by atoms with Gasteiger partial charge in [-0.05, 0) is 19.0 Å². The number of rotatable bonds is 2. The molecular weight excluding hydrogens is 194 g/mol. The van der Waals surface area contributed by atoms with Crippen LogP contribution in [0.1, 0.15) is 16.8 Å². The molecule has 0 radical (unpaired) electrons. The Labute approximate surface area is 87.5 Å². The molecule has 5 heteroatoms. The Kier molecular flexibility index (Phi) is 2.82. The molecule has 0 spiro atoms. The molecule has 1 amide bonds. The summed E-state index contributed by atoms with van der Waals surface area (Å²) in [5.41, 5.74) is 0.391. The van der Waals surface area contributed by atoms with E-state index in [9.17, 15) is 4.79 Å². The van der Waals surface area contributed by atoms with Gasteiger partial charge < -0.3 is 15.7 Å². The highest BCUT2D eigenvalue weighted by Crippen LogP contribution is 2.09. The van der Waals surface area contributed by atoms with Gasteiger partial charge in [-0.2, -0.15) is 0 Å². The van der Waals surface area contributed by atoms with Crippen molar-refractivity contribution in [3.05, 3.63) is 24.0 Å². The molecule has 0 aliphatic carbocycles. The van der Waals surface area contributed by atoms with Crippen molar-refractivity contribution in [1.29, 1.82) is 0 Å². The fourth-order valence-electron chi connectivity index (χ4n) is 1.60. The third-order valence-corrected chi connectivity index (χ3v) is 2.38. The van der Waals surface area contributed by atoms with Crippen molar-refractivity contribution in [2.24, 2.45) is 0 Å². The molecule has 1 saturated heterocycles. The Morgan fingerprint density at radius 2 is 2.47 bits per heavy atom. The minimum Gasteiger partial charge on any atom is -0.506 e. The summed E-state index contributed by atoms with van der Waals surface area (Å²) in [5, 5.41) is 15.2. The summed E-state index contributed by atoms with van der Waals surface area (Å²) < 4.78 is 0. The lowest BCUT2D eigenvalue weighted by Crippen LogP contribution is -2.36. The monoisotopic (exact) mass is 207 g/mol. The Morgan fingerprint density at radius 1 is 1.60 bits per heavy atom. The first-order chi connectivity index (χ1) is 7.25. The summed E-state index contributed by atoms with van der Waals surface area (Å²) in [6.45, 7) is 1.74. The summed E-state index contributed by atoms with van der Waals surface area (Å²) in [6, 6.07) is 1.59. The SMILES string of the molecule is O=C(N[C@H]1CCNC1)c1cncc(O)c1. The normalized spacial score (nSPS) is 20.1. The number of nitrogens with one attached hydrogen (secondary N) is 2. The molecule has 2 rings (SSSR count). The van der Waals surface area contributed by atoms with E-state index >= 15 is 0 Å². The van der Waals surface area contributed by atoms with E-state index in [-0.39, 0.29) is 17.7 Å². The molecule has 0 aromatic carbocycles. The lowest BCUT2D eigenvalue weighted by molar-refractivity contribution is 0.0939. The maximum absolute atomic E-state index is 11.7. The summed E-state index contributed by atoms with van der Waals surface area (Å²) in [6.07, 6.45) is 3.68. The number of aromatic nitrogens is 1. The average Bonchev–Trinajstić information content (AvgIpc) is 2.70. The molecule has 1 aliphatic rings. The number of hydrogen-bond acceptors (Lipinski definition) is 4. The Balaban J connectivity index is 2.01. The highest BCUT2D eigenvalue weighted by atomic mass is 16.3. The smallest absolute Gasteiger partial charge is 0.253 e. The van der Waals surface area contributed by atoms with Crippen LogP contribution >= 0.6 is 0 Å². The van der Waals surface area contributed by atoms with E-state index in [1.807, 2.05) is 0 Å². The molecule has 0 bridgehead atoms. The van der Waals surface area contributed by atoms with Crippen LogP contribution < -0.4 is 10.6 Å². The molecule has 1 aromatic rings. The van der Waals surface area contributed by atoms with E-state index in [0.717, 1.165) is 19.5 Å². The summed E-state index contributed by atoms with van der Waals surface area (Å²) >= 11 is 0. The van der Waals surface area contributed by atoms with Crippen molar-refractivity contribution in [2.75, 3.05) is 13.1 Å². The summed E-state index contributed by atoms with van der Waals surface area (Å²) in [4.78, 5) is 15.4. The number of carbonyl (C=O) groups is 1. The van der Waals surface area contributed by atoms with E-state index in [4.69, 9.17) is 5.11 Å². The second-order valence-electron chi connectivity index (χ2n) is 3.59. The van der Waals surface area contributed by atoms with Crippen LogP contribution in [0.5, 0.6) is 5.75 Å². The van der Waals surface area contributed by atoms with E-state index < -0.39 is 0 Å². The Morgan fingerprint density at radius 3 is 3.13 bits per heavy atom. The van der Waals surface area contributed by atoms with E-state index in [2.05, 4.69) is 15.6 Å². The van der Waals surface area contributed by atoms with Gasteiger partial charge in [-0.1, -0.05) is 0 Å². The van der Waals surface area contributed by atoms with Crippen molar-refractivity contribution in [3.8, 4) is 5.75 Å². The molecular formula is C10H13N3O2. The number of amides is 1. The van der Waals surface area contributed by atoms with E-state index in [0.29, 0.717) is 5.56 Å². The van der Waals surface area contributed by atoms with Crippen molar-refractivity contribution in [1.82, 2.24) is 15.6 Å². The van der Waals surface area contributed by atoms with Gasteiger partial charge in [0.1, 0.15) is 5.75 Å². The fraction of sp³-hybridized carbons (Fsp3) is 0.400. The first kappa shape index (κ1) is 9.92. The molecule has 15 heavy (non-hydrogen) atoms. The Hall–Kier alpha value is -1.62. The van der Waals surface area contributed by atoms with Crippen LogP contribution in [0, 0.1) is 0 Å². The molecule has 3 N–H and O–H groups in total. The zero-order valence-corrected chi connectivity index (χ0v) is 8.23. The lowest BCUT2D eigenvalue weighted by atomic mass is 10.2. The van der Waals surface area contributed by atoms with Gasteiger partial charge in [0, 0.05) is 18.8 Å². The van der Waals surface area contributed by atoms with Crippen LogP contribution in [-0.2, 0) is 0 Å². The molecule has 2 heterocycles. The van der Waals surface area contributed by atoms with Crippen LogP contribution in [0.15, 0.2) is 18.5 Å². The van der Waals surface area contributed by atoms with E-state index in [1.54, 1.807) is 0 Å². The largest absolute Gasteiger partial charge is 0.506 e. The van der Waals surface area contributed by atoms with Gasteiger partial charge in [0.25, 0.3) is 5.91 Å². The second-order valence-corrected chi connectivity index (χ2v) is 3.59. The fourth-order valence-corrected chi connectivity index (χ4v) is 1.60. The van der Waals surface area contributed by atoms with Crippen molar-refractivity contribution < 1.29 is 9.90 Å². The molecule has 5 nitrogen and oxygen atoms in total. The van der Waals surface area contributed by atoms with Gasteiger partial charge in [0.2, 0.25) is 0 Å². The molecule has 0 saturated carbocycles. The zero-order valence-electron chi connectivity index (χ0n) is 8.23. The van der Waals surface area contributed by atoms with Crippen LogP contribution in [0.25, 0.3) is 0 Å². The molecule has 1 aliphatic heterocycles. The summed E-state index contributed by atoms with van der Waals surface area (Å²) in [5.74, 6) is -0.181. The third kappa shape index (κ3) is 2.44. The van der Waals surface area contributed by atoms with Crippen LogP contribution in [0.2, 0.25) is 0 Å². The summed E-state index contributed by atoms with van der Waals surface area (Å²) in [7, 11) is 0. The average molecular weight is 207 g/mol. The zero-order chi connectivity index (χ0) is 10.7. The second kappa shape index (κ2) is 4.27. The number of carbonyl (C=O) groups excluding carboxylic acids is 1. The van der Waals surface area contributed by atoms with Crippen LogP contribution in [0.4, 0.5) is 0 Å². The molecule has 1 aromatic heterocycles. The van der Waals surface area contributed by atoms with Crippen molar-refractivity contribution in [3.63, 3.8) is 0 Å². The maximum Gasteiger partial charge on any atom is 0.253 e. The predicted octanol–water partition coefficient (Wildman–Crippen LogP) is -0.121. The minimum absolute atomic E-state index is 0.00666. The minimum atomic E-state index is -0.188. The number of aromatic hydroxyl groups is 1. The first-order valence-corrected chi connectivity index (χ1v) is 4.91. The number of nitrogens with zero attached hydrogens (tertiary/aromatic N) is 1. The predicted molar refractivity (Wildman–Crippen MR) is 54.6 cm³/mol. The first-order valence-electron chi connectivity index (χ1n) is 4.91. The topological polar surface area (TPSA) is 74.2 Å². The highest BCUT2D eigenvalue weighted by Gasteiger charge is 2.17. The standard InChI is InChI=1S/C10H13N3O2/c14-9-3-7(4-12-6-9)10(15)13-8-1-2-11-5-8/h3-4,6,8,11,14H,1-2,5H2,(H,13,15)/t8-/m0/s1. The number of hydrogen-bond donors (Lipinski definition) is 3. The molecule has 1 atom stereocenters. The third-order valence-electron chi connectivity index (χ3n) is 2.38. The molecule has 1 fully saturated rings. The lowest BCUT2D eigenvalue weighted by Gasteiger charge is -2.10. The van der Waals surface area contributed by atoms with Gasteiger partial charge in [-0.3, -0.25) is 9.78 Å². The van der Waals surface area contributed by atoms with Gasteiger partial charge >= 0.3 is 0 Å². The maximum atomic E-state index is 11.7. The van der Waals surface area contributed by atoms with Gasteiger partial charge in [-0.25, -0.2) is 0 Å². The number of pyridine rings is 1. The molecule has 0 unspecified atom stereocenters. The highest BCUT2D eigenvalue weighted by molar-refractivity contribution is 5.94.